The largest absolute Gasteiger partial charge is 0.459 e. The first kappa shape index (κ1) is 34.5. The number of rotatable bonds is 10. The van der Waals surface area contributed by atoms with Gasteiger partial charge in [0, 0.05) is 32.9 Å². The summed E-state index contributed by atoms with van der Waals surface area (Å²) in [5.74, 6) is -1.62. The first-order valence-electron chi connectivity index (χ1n) is 15.3. The van der Waals surface area contributed by atoms with E-state index in [2.05, 4.69) is 19.7 Å². The van der Waals surface area contributed by atoms with E-state index in [1.165, 1.54) is 36.1 Å². The molecule has 0 unspecified atom stereocenters. The number of esters is 1. The van der Waals surface area contributed by atoms with Crippen LogP contribution in [0.3, 0.4) is 0 Å². The number of nitrogens with zero attached hydrogens (tertiary/aromatic N) is 7. The molecule has 1 aliphatic rings. The van der Waals surface area contributed by atoms with Gasteiger partial charge in [0.25, 0.3) is 5.56 Å². The van der Waals surface area contributed by atoms with E-state index in [1.807, 2.05) is 31.5 Å². The Bertz CT molecular complexity index is 2040. The SMILES string of the molecule is CCN(C)S(=O)(=O)Nc1ccc(F)c(Oc2ccc3ncn(-c4cnn(C5CCN(CC(=O)OC(C)(C)C)CC5)c4)c(=O)c3c2)c1C#N. The second-order valence-corrected chi connectivity index (χ2v) is 14.2. The topological polar surface area (TPSA) is 165 Å². The van der Waals surface area contributed by atoms with E-state index in [0.717, 1.165) is 29.3 Å². The summed E-state index contributed by atoms with van der Waals surface area (Å²) < 4.78 is 57.7. The Labute approximate surface area is 277 Å². The maximum Gasteiger partial charge on any atom is 0.320 e. The Kier molecular flexibility index (Phi) is 9.85. The monoisotopic (exact) mass is 680 g/mol. The number of benzene rings is 2. The molecule has 3 heterocycles. The van der Waals surface area contributed by atoms with Crippen molar-refractivity contribution in [2.45, 2.75) is 52.2 Å². The molecule has 0 spiro atoms. The van der Waals surface area contributed by atoms with E-state index >= 15 is 0 Å². The summed E-state index contributed by atoms with van der Waals surface area (Å²) >= 11 is 0. The lowest BCUT2D eigenvalue weighted by Crippen LogP contribution is -2.40. The summed E-state index contributed by atoms with van der Waals surface area (Å²) in [4.78, 5) is 32.3. The van der Waals surface area contributed by atoms with E-state index in [0.29, 0.717) is 24.3 Å². The van der Waals surface area contributed by atoms with Crippen molar-refractivity contribution >= 4 is 32.8 Å². The van der Waals surface area contributed by atoms with Crippen LogP contribution in [0, 0.1) is 17.1 Å². The number of ether oxygens (including phenoxy) is 2. The van der Waals surface area contributed by atoms with Crippen molar-refractivity contribution in [2.75, 3.05) is 37.9 Å². The van der Waals surface area contributed by atoms with Crippen molar-refractivity contribution in [3.63, 3.8) is 0 Å². The van der Waals surface area contributed by atoms with Crippen LogP contribution in [0.15, 0.2) is 53.8 Å². The van der Waals surface area contributed by atoms with Crippen molar-refractivity contribution in [1.29, 1.82) is 5.26 Å². The van der Waals surface area contributed by atoms with E-state index in [-0.39, 0.29) is 47.5 Å². The van der Waals surface area contributed by atoms with E-state index in [1.54, 1.807) is 19.3 Å². The van der Waals surface area contributed by atoms with Crippen LogP contribution in [-0.2, 0) is 19.7 Å². The van der Waals surface area contributed by atoms with Crippen LogP contribution >= 0.6 is 0 Å². The number of anilines is 1. The number of nitriles is 1. The Morgan fingerprint density at radius 2 is 1.94 bits per heavy atom. The van der Waals surface area contributed by atoms with Gasteiger partial charge in [-0.2, -0.15) is 23.1 Å². The van der Waals surface area contributed by atoms with Crippen LogP contribution in [0.5, 0.6) is 11.5 Å². The molecule has 5 rings (SSSR count). The van der Waals surface area contributed by atoms with Crippen LogP contribution < -0.4 is 15.0 Å². The van der Waals surface area contributed by atoms with Gasteiger partial charge in [0.2, 0.25) is 0 Å². The molecule has 48 heavy (non-hydrogen) atoms. The highest BCUT2D eigenvalue weighted by Gasteiger charge is 2.26. The van der Waals surface area contributed by atoms with Gasteiger partial charge >= 0.3 is 16.2 Å². The van der Waals surface area contributed by atoms with Gasteiger partial charge in [0.05, 0.1) is 41.1 Å². The first-order chi connectivity index (χ1) is 22.7. The molecule has 0 aliphatic carbocycles. The van der Waals surface area contributed by atoms with Crippen molar-refractivity contribution in [1.82, 2.24) is 28.5 Å². The minimum absolute atomic E-state index is 0.0362. The maximum absolute atomic E-state index is 15.0. The third kappa shape index (κ3) is 7.64. The predicted molar refractivity (Wildman–Crippen MR) is 176 cm³/mol. The number of aromatic nitrogens is 4. The van der Waals surface area contributed by atoms with Gasteiger partial charge in [0.15, 0.2) is 11.6 Å². The Balaban J connectivity index is 1.35. The van der Waals surface area contributed by atoms with Crippen molar-refractivity contribution in [3.8, 4) is 23.3 Å². The van der Waals surface area contributed by atoms with Gasteiger partial charge in [-0.3, -0.25) is 28.5 Å². The number of fused-ring (bicyclic) bond motifs is 1. The predicted octanol–water partition coefficient (Wildman–Crippen LogP) is 3.97. The average molecular weight is 681 g/mol. The molecule has 2 aromatic heterocycles. The molecule has 0 radical (unpaired) electrons. The van der Waals surface area contributed by atoms with Crippen LogP contribution in [0.1, 0.15) is 52.1 Å². The molecule has 16 heteroatoms. The summed E-state index contributed by atoms with van der Waals surface area (Å²) in [6, 6.07) is 8.38. The lowest BCUT2D eigenvalue weighted by atomic mass is 10.1. The zero-order chi connectivity index (χ0) is 34.8. The summed E-state index contributed by atoms with van der Waals surface area (Å²) in [7, 11) is -2.65. The molecular weight excluding hydrogens is 643 g/mol. The lowest BCUT2D eigenvalue weighted by molar-refractivity contribution is -0.156. The number of nitrogens with one attached hydrogen (secondary N) is 1. The number of carbonyl (C=O) groups is 1. The number of hydrogen-bond acceptors (Lipinski definition) is 10. The zero-order valence-electron chi connectivity index (χ0n) is 27.3. The standard InChI is InChI=1S/C32H37FN8O6S/c1-6-38(5)48(44,45)37-28-10-8-26(33)30(25(28)16-34)46-23-7-9-27-24(15-23)31(43)40(20-35-27)22-17-36-41(18-22)21-11-13-39(14-12-21)19-29(42)47-32(2,3)4/h7-10,15,17-18,20-21,37H,6,11-14,19H2,1-5H3. The van der Waals surface area contributed by atoms with Crippen molar-refractivity contribution < 1.29 is 27.1 Å². The minimum Gasteiger partial charge on any atom is -0.459 e. The van der Waals surface area contributed by atoms with Crippen LogP contribution in [0.4, 0.5) is 10.1 Å². The highest BCUT2D eigenvalue weighted by atomic mass is 32.2. The van der Waals surface area contributed by atoms with Crippen LogP contribution in [-0.4, -0.2) is 81.8 Å². The molecular formula is C32H37FN8O6S. The van der Waals surface area contributed by atoms with Gasteiger partial charge < -0.3 is 9.47 Å². The molecule has 1 N–H and O–H groups in total. The molecule has 1 aliphatic heterocycles. The highest BCUT2D eigenvalue weighted by molar-refractivity contribution is 7.90. The molecule has 0 saturated carbocycles. The molecule has 254 valence electrons. The van der Waals surface area contributed by atoms with Crippen LogP contribution in [0.25, 0.3) is 16.6 Å². The molecule has 4 aromatic rings. The second-order valence-electron chi connectivity index (χ2n) is 12.4. The maximum atomic E-state index is 15.0. The lowest BCUT2D eigenvalue weighted by Gasteiger charge is -2.32. The molecule has 0 atom stereocenters. The number of carbonyl (C=O) groups excluding carboxylic acids is 1. The summed E-state index contributed by atoms with van der Waals surface area (Å²) in [6.45, 7) is 8.93. The fourth-order valence-electron chi connectivity index (χ4n) is 5.26. The number of halogens is 1. The number of likely N-dealkylation sites (tertiary alicyclic amines) is 1. The molecule has 0 amide bonds. The Morgan fingerprint density at radius 3 is 2.60 bits per heavy atom. The van der Waals surface area contributed by atoms with Gasteiger partial charge in [-0.05, 0) is 63.9 Å². The second kappa shape index (κ2) is 13.7. The minimum atomic E-state index is -4.01. The van der Waals surface area contributed by atoms with Crippen molar-refractivity contribution in [2.24, 2.45) is 0 Å². The Morgan fingerprint density at radius 1 is 1.21 bits per heavy atom. The average Bonchev–Trinajstić information content (AvgIpc) is 3.52. The number of piperidine rings is 1. The fraction of sp³-hybridized carbons (Fsp3) is 0.406. The quantitative estimate of drug-likeness (QED) is 0.242. The Hall–Kier alpha value is -4.85. The first-order valence-corrected chi connectivity index (χ1v) is 16.8. The fourth-order valence-corrected chi connectivity index (χ4v) is 6.20. The molecule has 14 nitrogen and oxygen atoms in total. The summed E-state index contributed by atoms with van der Waals surface area (Å²) in [5, 5.41) is 14.5. The van der Waals surface area contributed by atoms with E-state index < -0.39 is 32.9 Å². The van der Waals surface area contributed by atoms with Gasteiger partial charge in [0.1, 0.15) is 29.3 Å². The number of hydrogen-bond donors (Lipinski definition) is 1. The molecule has 1 fully saturated rings. The normalized spacial score (nSPS) is 14.6. The third-order valence-electron chi connectivity index (χ3n) is 7.84. The van der Waals surface area contributed by atoms with E-state index in [4.69, 9.17) is 9.47 Å². The van der Waals surface area contributed by atoms with Crippen LogP contribution in [0.2, 0.25) is 0 Å². The zero-order valence-corrected chi connectivity index (χ0v) is 28.1. The molecule has 0 bridgehead atoms. The van der Waals surface area contributed by atoms with Gasteiger partial charge in [-0.15, -0.1) is 0 Å². The highest BCUT2D eigenvalue weighted by Crippen LogP contribution is 2.34. The molecule has 2 aromatic carbocycles. The van der Waals surface area contributed by atoms with E-state index in [9.17, 15) is 27.7 Å². The van der Waals surface area contributed by atoms with Gasteiger partial charge in [-0.1, -0.05) is 6.92 Å². The molecule has 1 saturated heterocycles. The third-order valence-corrected chi connectivity index (χ3v) is 9.39. The van der Waals surface area contributed by atoms with Crippen molar-refractivity contribution in [3.05, 3.63) is 70.8 Å². The van der Waals surface area contributed by atoms with Gasteiger partial charge in [-0.25, -0.2) is 9.37 Å². The summed E-state index contributed by atoms with van der Waals surface area (Å²) in [6.07, 6.45) is 6.25. The summed E-state index contributed by atoms with van der Waals surface area (Å²) in [5.41, 5.74) is -0.640. The smallest absolute Gasteiger partial charge is 0.320 e.